The molecule has 0 aromatic carbocycles. The van der Waals surface area contributed by atoms with Crippen LogP contribution in [0.1, 0.15) is 39.0 Å². The van der Waals surface area contributed by atoms with Crippen LogP contribution in [0, 0.1) is 0 Å². The van der Waals surface area contributed by atoms with Crippen molar-refractivity contribution in [2.24, 2.45) is 10.8 Å². The summed E-state index contributed by atoms with van der Waals surface area (Å²) in [4.78, 5) is 7.11. The maximum Gasteiger partial charge on any atom is 0.208 e. The van der Waals surface area contributed by atoms with Crippen LogP contribution in [0.25, 0.3) is 0 Å². The number of rotatable bonds is 2. The van der Waals surface area contributed by atoms with Crippen LogP contribution in [0.3, 0.4) is 0 Å². The summed E-state index contributed by atoms with van der Waals surface area (Å²) in [6.45, 7) is 4.40. The topological polar surface area (TPSA) is 53.6 Å². The normalized spacial score (nSPS) is 27.5. The lowest BCUT2D eigenvalue weighted by Gasteiger charge is -2.34. The van der Waals surface area contributed by atoms with Gasteiger partial charge in [0.2, 0.25) is 5.96 Å². The molecule has 1 saturated heterocycles. The van der Waals surface area contributed by atoms with E-state index in [1.165, 1.54) is 37.9 Å². The van der Waals surface area contributed by atoms with Gasteiger partial charge < -0.3 is 4.90 Å². The van der Waals surface area contributed by atoms with E-state index in [2.05, 4.69) is 29.0 Å². The Bertz CT molecular complexity index is 263. The molecule has 1 aliphatic carbocycles. The summed E-state index contributed by atoms with van der Waals surface area (Å²) < 4.78 is 0. The van der Waals surface area contributed by atoms with Gasteiger partial charge in [0.15, 0.2) is 0 Å². The quantitative estimate of drug-likeness (QED) is 0.341. The number of nitrogens with two attached hydrogens (primary N) is 1. The first-order chi connectivity index (χ1) is 8.33. The molecule has 17 heavy (non-hydrogen) atoms. The van der Waals surface area contributed by atoms with E-state index >= 15 is 0 Å². The maximum atomic E-state index is 5.64. The van der Waals surface area contributed by atoms with Gasteiger partial charge in [-0.3, -0.25) is 5.43 Å². The van der Waals surface area contributed by atoms with Gasteiger partial charge in [0.05, 0.1) is 6.04 Å². The lowest BCUT2D eigenvalue weighted by atomic mass is 10.2. The highest BCUT2D eigenvalue weighted by Crippen LogP contribution is 2.23. The van der Waals surface area contributed by atoms with E-state index in [9.17, 15) is 0 Å². The van der Waals surface area contributed by atoms with Crippen molar-refractivity contribution in [1.29, 1.82) is 0 Å². The van der Waals surface area contributed by atoms with E-state index < -0.39 is 0 Å². The van der Waals surface area contributed by atoms with Crippen LogP contribution in [0.4, 0.5) is 0 Å². The second-order valence-corrected chi connectivity index (χ2v) is 6.29. The number of guanidine groups is 1. The molecular formula is C12H24N4S. The third kappa shape index (κ3) is 3.52. The molecule has 0 bridgehead atoms. The predicted octanol–water partition coefficient (Wildman–Crippen LogP) is 1.58. The molecule has 1 heterocycles. The first-order valence-electron chi connectivity index (χ1n) is 6.74. The van der Waals surface area contributed by atoms with E-state index in [4.69, 9.17) is 10.8 Å². The van der Waals surface area contributed by atoms with Gasteiger partial charge in [-0.25, -0.2) is 10.8 Å². The molecule has 1 unspecified atom stereocenters. The molecule has 0 aromatic rings. The summed E-state index contributed by atoms with van der Waals surface area (Å²) in [7, 11) is 0. The average Bonchev–Trinajstić information content (AvgIpc) is 2.89. The lowest BCUT2D eigenvalue weighted by Crippen LogP contribution is -2.50. The highest BCUT2D eigenvalue weighted by molar-refractivity contribution is 8.00. The number of aliphatic imine (C=N–C) groups is 1. The first-order valence-corrected chi connectivity index (χ1v) is 7.79. The standard InChI is InChI=1S/C12H24N4S/c1-2-11-9-16(7-8-17-11)12(15-13)14-10-5-3-4-6-10/h10-11H,2-9,13H2,1H3,(H,14,15). The molecule has 0 spiro atoms. The van der Waals surface area contributed by atoms with Crippen LogP contribution in [0.5, 0.6) is 0 Å². The number of hydrazine groups is 1. The Morgan fingerprint density at radius 3 is 2.88 bits per heavy atom. The monoisotopic (exact) mass is 256 g/mol. The van der Waals surface area contributed by atoms with Gasteiger partial charge in [-0.15, -0.1) is 0 Å². The van der Waals surface area contributed by atoms with Crippen LogP contribution in [-0.2, 0) is 0 Å². The molecule has 3 N–H and O–H groups in total. The van der Waals surface area contributed by atoms with Crippen molar-refractivity contribution in [3.05, 3.63) is 0 Å². The van der Waals surface area contributed by atoms with Gasteiger partial charge in [-0.2, -0.15) is 11.8 Å². The van der Waals surface area contributed by atoms with Gasteiger partial charge >= 0.3 is 0 Å². The fourth-order valence-electron chi connectivity index (χ4n) is 2.58. The second kappa shape index (κ2) is 6.50. The molecule has 0 aromatic heterocycles. The Morgan fingerprint density at radius 2 is 2.24 bits per heavy atom. The summed E-state index contributed by atoms with van der Waals surface area (Å²) in [5.74, 6) is 7.74. The molecule has 1 aliphatic heterocycles. The Kier molecular flexibility index (Phi) is 4.98. The Labute approximate surface area is 108 Å². The number of hydrogen-bond acceptors (Lipinski definition) is 3. The largest absolute Gasteiger partial charge is 0.340 e. The SMILES string of the molecule is CCC1CN(C(=NC2CCCC2)NN)CCS1. The van der Waals surface area contributed by atoms with E-state index in [-0.39, 0.29) is 0 Å². The van der Waals surface area contributed by atoms with Crippen molar-refractivity contribution in [2.75, 3.05) is 18.8 Å². The average molecular weight is 256 g/mol. The van der Waals surface area contributed by atoms with Crippen LogP contribution in [0.2, 0.25) is 0 Å². The smallest absolute Gasteiger partial charge is 0.208 e. The van der Waals surface area contributed by atoms with E-state index in [0.717, 1.165) is 24.3 Å². The molecule has 2 rings (SSSR count). The number of thioether (sulfide) groups is 1. The molecule has 2 aliphatic rings. The van der Waals surface area contributed by atoms with Gasteiger partial charge in [0.25, 0.3) is 0 Å². The fraction of sp³-hybridized carbons (Fsp3) is 0.917. The zero-order chi connectivity index (χ0) is 12.1. The summed E-state index contributed by atoms with van der Waals surface area (Å²) >= 11 is 2.07. The summed E-state index contributed by atoms with van der Waals surface area (Å²) in [5.41, 5.74) is 2.81. The predicted molar refractivity (Wildman–Crippen MR) is 75.1 cm³/mol. The minimum atomic E-state index is 0.496. The Balaban J connectivity index is 1.96. The van der Waals surface area contributed by atoms with Crippen molar-refractivity contribution in [1.82, 2.24) is 10.3 Å². The minimum Gasteiger partial charge on any atom is -0.340 e. The summed E-state index contributed by atoms with van der Waals surface area (Å²) in [6.07, 6.45) is 6.32. The molecule has 2 fully saturated rings. The van der Waals surface area contributed by atoms with Crippen LogP contribution >= 0.6 is 11.8 Å². The fourth-order valence-corrected chi connectivity index (χ4v) is 3.76. The minimum absolute atomic E-state index is 0.496. The van der Waals surface area contributed by atoms with Crippen LogP contribution < -0.4 is 11.3 Å². The number of nitrogens with zero attached hydrogens (tertiary/aromatic N) is 2. The highest BCUT2D eigenvalue weighted by Gasteiger charge is 2.23. The Hall–Kier alpha value is -0.420. The third-order valence-electron chi connectivity index (χ3n) is 3.65. The van der Waals surface area contributed by atoms with Gasteiger partial charge in [0.1, 0.15) is 0 Å². The van der Waals surface area contributed by atoms with Gasteiger partial charge in [-0.1, -0.05) is 19.8 Å². The van der Waals surface area contributed by atoms with E-state index in [0.29, 0.717) is 6.04 Å². The Morgan fingerprint density at radius 1 is 1.47 bits per heavy atom. The number of hydrogen-bond donors (Lipinski definition) is 2. The van der Waals surface area contributed by atoms with Gasteiger partial charge in [-0.05, 0) is 19.3 Å². The van der Waals surface area contributed by atoms with Gasteiger partial charge in [0, 0.05) is 24.1 Å². The molecular weight excluding hydrogens is 232 g/mol. The molecule has 1 atom stereocenters. The third-order valence-corrected chi connectivity index (χ3v) is 5.02. The zero-order valence-electron chi connectivity index (χ0n) is 10.7. The summed E-state index contributed by atoms with van der Waals surface area (Å²) in [6, 6.07) is 0.496. The lowest BCUT2D eigenvalue weighted by molar-refractivity contribution is 0.405. The van der Waals surface area contributed by atoms with Crippen molar-refractivity contribution < 1.29 is 0 Å². The first kappa shape index (κ1) is 13.0. The molecule has 0 radical (unpaired) electrons. The zero-order valence-corrected chi connectivity index (χ0v) is 11.5. The van der Waals surface area contributed by atoms with Crippen LogP contribution in [-0.4, -0.2) is 41.0 Å². The maximum absolute atomic E-state index is 5.64. The van der Waals surface area contributed by atoms with Crippen LogP contribution in [0.15, 0.2) is 4.99 Å². The highest BCUT2D eigenvalue weighted by atomic mass is 32.2. The number of nitrogens with one attached hydrogen (secondary N) is 1. The van der Waals surface area contributed by atoms with Crippen molar-refractivity contribution in [3.8, 4) is 0 Å². The summed E-state index contributed by atoms with van der Waals surface area (Å²) in [5, 5.41) is 0.728. The van der Waals surface area contributed by atoms with Crippen molar-refractivity contribution >= 4 is 17.7 Å². The molecule has 4 nitrogen and oxygen atoms in total. The van der Waals surface area contributed by atoms with E-state index in [1.807, 2.05) is 0 Å². The molecule has 5 heteroatoms. The van der Waals surface area contributed by atoms with E-state index in [1.54, 1.807) is 0 Å². The van der Waals surface area contributed by atoms with Crippen molar-refractivity contribution in [3.63, 3.8) is 0 Å². The molecule has 98 valence electrons. The second-order valence-electron chi connectivity index (χ2n) is 4.88. The van der Waals surface area contributed by atoms with Crippen molar-refractivity contribution in [2.45, 2.75) is 50.3 Å². The molecule has 1 saturated carbocycles. The molecule has 0 amide bonds.